The number of rotatable bonds is 0. The first-order valence-electron chi connectivity index (χ1n) is 4.24. The number of nitrogens with zero attached hydrogens (tertiary/aromatic N) is 3. The molecule has 0 N–H and O–H groups in total. The van der Waals surface area contributed by atoms with E-state index in [0.717, 1.165) is 16.2 Å². The summed E-state index contributed by atoms with van der Waals surface area (Å²) in [6.07, 6.45) is 3.54. The molecule has 0 bridgehead atoms. The van der Waals surface area contributed by atoms with Gasteiger partial charge >= 0.3 is 0 Å². The molecule has 2 heterocycles. The molecule has 0 unspecified atom stereocenters. The molecule has 0 amide bonds. The summed E-state index contributed by atoms with van der Waals surface area (Å²) >= 11 is 5.82. The van der Waals surface area contributed by atoms with Gasteiger partial charge in [0.05, 0.1) is 6.20 Å². The van der Waals surface area contributed by atoms with Crippen LogP contribution in [-0.4, -0.2) is 14.3 Å². The lowest BCUT2D eigenvalue weighted by molar-refractivity contribution is 1.01. The minimum absolute atomic E-state index is 0.699. The van der Waals surface area contributed by atoms with Crippen LogP contribution in [0.1, 0.15) is 0 Å². The lowest BCUT2D eigenvalue weighted by atomic mass is 10.1. The maximum Gasteiger partial charge on any atom is 0.176 e. The van der Waals surface area contributed by atoms with Crippen molar-refractivity contribution in [3.63, 3.8) is 0 Å². The largest absolute Gasteiger partial charge is 0.235 e. The summed E-state index contributed by atoms with van der Waals surface area (Å²) in [4.78, 5) is 4.24. The Hall–Kier alpha value is -1.61. The second-order valence-corrected chi connectivity index (χ2v) is 3.41. The third kappa shape index (κ3) is 0.930. The maximum absolute atomic E-state index is 5.82. The van der Waals surface area contributed by atoms with Crippen LogP contribution in [0.3, 0.4) is 0 Å². The lowest BCUT2D eigenvalue weighted by Crippen LogP contribution is -1.84. The second-order valence-electron chi connectivity index (χ2n) is 3.09. The van der Waals surface area contributed by atoms with Crippen molar-refractivity contribution in [2.45, 2.75) is 0 Å². The highest BCUT2D eigenvalue weighted by Crippen LogP contribution is 2.22. The van der Waals surface area contributed by atoms with E-state index >= 15 is 0 Å². The first-order chi connectivity index (χ1) is 6.86. The van der Waals surface area contributed by atoms with Crippen LogP contribution in [0.5, 0.6) is 0 Å². The van der Waals surface area contributed by atoms with Crippen LogP contribution < -0.4 is 0 Å². The zero-order chi connectivity index (χ0) is 9.54. The van der Waals surface area contributed by atoms with Gasteiger partial charge < -0.3 is 0 Å². The van der Waals surface area contributed by atoms with Gasteiger partial charge in [-0.3, -0.25) is 0 Å². The first-order valence-corrected chi connectivity index (χ1v) is 4.58. The van der Waals surface area contributed by atoms with Crippen molar-refractivity contribution < 1.29 is 0 Å². The Balaban J connectivity index is 2.61. The van der Waals surface area contributed by atoms with Gasteiger partial charge in [0.2, 0.25) is 0 Å². The fourth-order valence-electron chi connectivity index (χ4n) is 1.61. The fourth-order valence-corrected chi connectivity index (χ4v) is 1.79. The number of benzene rings is 1. The highest BCUT2D eigenvalue weighted by molar-refractivity contribution is 6.19. The Morgan fingerprint density at radius 3 is 2.86 bits per heavy atom. The second kappa shape index (κ2) is 2.69. The molecule has 0 spiro atoms. The summed E-state index contributed by atoms with van der Waals surface area (Å²) in [6.45, 7) is 0. The molecule has 0 aliphatic carbocycles. The van der Waals surface area contributed by atoms with Crippen molar-refractivity contribution in [1.82, 2.24) is 14.3 Å². The standard InChI is InChI=1S/C10H6ClN3/c11-14-10-9(6-13-14)8-4-2-1-3-7(8)5-12-10/h1-6H. The Kier molecular flexibility index (Phi) is 1.49. The molecule has 3 nitrogen and oxygen atoms in total. The Morgan fingerprint density at radius 2 is 1.93 bits per heavy atom. The monoisotopic (exact) mass is 203 g/mol. The van der Waals surface area contributed by atoms with Crippen LogP contribution in [0.15, 0.2) is 36.7 Å². The van der Waals surface area contributed by atoms with E-state index in [-0.39, 0.29) is 0 Å². The molecule has 4 heteroatoms. The van der Waals surface area contributed by atoms with Gasteiger partial charge in [0.15, 0.2) is 5.65 Å². The smallest absolute Gasteiger partial charge is 0.176 e. The molecule has 0 radical (unpaired) electrons. The van der Waals surface area contributed by atoms with E-state index in [4.69, 9.17) is 11.8 Å². The average molecular weight is 204 g/mol. The molecule has 0 aliphatic heterocycles. The van der Waals surface area contributed by atoms with E-state index in [1.807, 2.05) is 24.3 Å². The van der Waals surface area contributed by atoms with Crippen molar-refractivity contribution in [3.8, 4) is 0 Å². The van der Waals surface area contributed by atoms with Gasteiger partial charge in [0.25, 0.3) is 0 Å². The van der Waals surface area contributed by atoms with Crippen molar-refractivity contribution in [1.29, 1.82) is 0 Å². The molecule has 3 rings (SSSR count). The van der Waals surface area contributed by atoms with Gasteiger partial charge in [-0.25, -0.2) is 4.98 Å². The van der Waals surface area contributed by atoms with Crippen LogP contribution >= 0.6 is 11.8 Å². The first kappa shape index (κ1) is 7.76. The van der Waals surface area contributed by atoms with Crippen molar-refractivity contribution >= 4 is 33.6 Å². The molecule has 0 saturated heterocycles. The average Bonchev–Trinajstić information content (AvgIpc) is 2.61. The Labute approximate surface area is 85.0 Å². The lowest BCUT2D eigenvalue weighted by Gasteiger charge is -1.97. The molecule has 14 heavy (non-hydrogen) atoms. The number of hydrogen-bond donors (Lipinski definition) is 0. The highest BCUT2D eigenvalue weighted by Gasteiger charge is 2.05. The van der Waals surface area contributed by atoms with E-state index in [2.05, 4.69) is 10.1 Å². The number of fused-ring (bicyclic) bond motifs is 3. The minimum Gasteiger partial charge on any atom is -0.235 e. The van der Waals surface area contributed by atoms with Crippen molar-refractivity contribution in [2.75, 3.05) is 0 Å². The number of halogens is 1. The molecule has 1 aromatic carbocycles. The normalized spacial score (nSPS) is 11.2. The van der Waals surface area contributed by atoms with Crippen LogP contribution in [-0.2, 0) is 0 Å². The zero-order valence-corrected chi connectivity index (χ0v) is 7.94. The summed E-state index contributed by atoms with van der Waals surface area (Å²) in [5.41, 5.74) is 0.699. The minimum atomic E-state index is 0.699. The van der Waals surface area contributed by atoms with Crippen molar-refractivity contribution in [2.24, 2.45) is 0 Å². The summed E-state index contributed by atoms with van der Waals surface area (Å²) < 4.78 is 1.27. The number of hydrogen-bond acceptors (Lipinski definition) is 2. The predicted molar refractivity (Wildman–Crippen MR) is 56.3 cm³/mol. The molecular weight excluding hydrogens is 198 g/mol. The zero-order valence-electron chi connectivity index (χ0n) is 7.18. The van der Waals surface area contributed by atoms with Gasteiger partial charge in [-0.2, -0.15) is 9.30 Å². The van der Waals surface area contributed by atoms with E-state index in [0.29, 0.717) is 5.65 Å². The third-order valence-electron chi connectivity index (χ3n) is 2.28. The molecule has 68 valence electrons. The van der Waals surface area contributed by atoms with E-state index in [9.17, 15) is 0 Å². The van der Waals surface area contributed by atoms with Gasteiger partial charge in [0, 0.05) is 28.7 Å². The molecule has 0 aliphatic rings. The molecular formula is C10H6ClN3. The van der Waals surface area contributed by atoms with Gasteiger partial charge in [0.1, 0.15) is 0 Å². The third-order valence-corrected chi connectivity index (χ3v) is 2.53. The van der Waals surface area contributed by atoms with Crippen LogP contribution in [0.25, 0.3) is 21.8 Å². The van der Waals surface area contributed by atoms with Gasteiger partial charge in [-0.05, 0) is 5.39 Å². The van der Waals surface area contributed by atoms with Crippen LogP contribution in [0.2, 0.25) is 0 Å². The maximum atomic E-state index is 5.82. The van der Waals surface area contributed by atoms with Crippen LogP contribution in [0, 0.1) is 0 Å². The summed E-state index contributed by atoms with van der Waals surface area (Å²) in [7, 11) is 0. The number of pyridine rings is 1. The van der Waals surface area contributed by atoms with Crippen molar-refractivity contribution in [3.05, 3.63) is 36.7 Å². The Bertz CT molecular complexity index is 615. The van der Waals surface area contributed by atoms with Gasteiger partial charge in [-0.1, -0.05) is 24.3 Å². The summed E-state index contributed by atoms with van der Waals surface area (Å²) in [5.74, 6) is 0. The molecule has 2 aromatic heterocycles. The van der Waals surface area contributed by atoms with Crippen LogP contribution in [0.4, 0.5) is 0 Å². The highest BCUT2D eigenvalue weighted by atomic mass is 35.5. The number of aromatic nitrogens is 3. The van der Waals surface area contributed by atoms with Gasteiger partial charge in [-0.15, -0.1) is 0 Å². The Morgan fingerprint density at radius 1 is 1.07 bits per heavy atom. The van der Waals surface area contributed by atoms with E-state index < -0.39 is 0 Å². The fraction of sp³-hybridized carbons (Fsp3) is 0. The predicted octanol–water partition coefficient (Wildman–Crippen LogP) is 2.59. The molecule has 0 atom stereocenters. The molecule has 0 fully saturated rings. The molecule has 3 aromatic rings. The SMILES string of the molecule is Cln1ncc2c3ccccc3cnc21. The topological polar surface area (TPSA) is 30.7 Å². The quantitative estimate of drug-likeness (QED) is 0.562. The van der Waals surface area contributed by atoms with E-state index in [1.54, 1.807) is 12.4 Å². The summed E-state index contributed by atoms with van der Waals surface area (Å²) in [6, 6.07) is 8.04. The molecule has 0 saturated carbocycles. The summed E-state index contributed by atoms with van der Waals surface area (Å²) in [5, 5.41) is 7.18. The van der Waals surface area contributed by atoms with E-state index in [1.165, 1.54) is 4.20 Å².